The average molecular weight is 526 g/mol. The quantitative estimate of drug-likeness (QED) is 0.240. The third kappa shape index (κ3) is 6.85. The highest BCUT2D eigenvalue weighted by atomic mass is 127. The van der Waals surface area contributed by atoms with Crippen LogP contribution >= 0.6 is 24.0 Å². The summed E-state index contributed by atoms with van der Waals surface area (Å²) in [5, 5.41) is 11.2. The lowest BCUT2D eigenvalue weighted by atomic mass is 10.1. The molecule has 2 heterocycles. The van der Waals surface area contributed by atoms with E-state index in [0.717, 1.165) is 63.5 Å². The van der Waals surface area contributed by atoms with Crippen LogP contribution in [0.5, 0.6) is 0 Å². The molecule has 0 atom stereocenters. The van der Waals surface area contributed by atoms with Crippen molar-refractivity contribution in [2.45, 2.75) is 66.0 Å². The van der Waals surface area contributed by atoms with E-state index in [0.29, 0.717) is 13.1 Å². The highest BCUT2D eigenvalue weighted by Crippen LogP contribution is 2.10. The van der Waals surface area contributed by atoms with Gasteiger partial charge in [0.05, 0.1) is 0 Å². The Morgan fingerprint density at radius 3 is 2.63 bits per heavy atom. The summed E-state index contributed by atoms with van der Waals surface area (Å²) in [6.45, 7) is 10.1. The molecular formula is C22H35IN6O. The Labute approximate surface area is 196 Å². The van der Waals surface area contributed by atoms with Gasteiger partial charge in [-0.1, -0.05) is 29.3 Å². The summed E-state index contributed by atoms with van der Waals surface area (Å²) >= 11 is 0. The van der Waals surface area contributed by atoms with Gasteiger partial charge in [-0.15, -0.1) is 24.0 Å². The molecule has 1 aliphatic heterocycles. The lowest BCUT2D eigenvalue weighted by Crippen LogP contribution is -2.38. The molecular weight excluding hydrogens is 491 g/mol. The van der Waals surface area contributed by atoms with Crippen LogP contribution in [0.1, 0.15) is 48.7 Å². The van der Waals surface area contributed by atoms with Crippen LogP contribution in [-0.4, -0.2) is 39.9 Å². The summed E-state index contributed by atoms with van der Waals surface area (Å²) in [6, 6.07) is 6.67. The number of fused-ring (bicyclic) bond motifs is 1. The van der Waals surface area contributed by atoms with E-state index in [4.69, 9.17) is 0 Å². The van der Waals surface area contributed by atoms with E-state index in [1.54, 1.807) is 4.68 Å². The smallest absolute Gasteiger partial charge is 0.345 e. The zero-order chi connectivity index (χ0) is 20.6. The Morgan fingerprint density at radius 2 is 1.93 bits per heavy atom. The predicted octanol–water partition coefficient (Wildman–Crippen LogP) is 2.80. The van der Waals surface area contributed by atoms with Crippen LogP contribution < -0.4 is 16.3 Å². The highest BCUT2D eigenvalue weighted by molar-refractivity contribution is 14.0. The topological polar surface area (TPSA) is 76.2 Å². The van der Waals surface area contributed by atoms with Gasteiger partial charge in [-0.2, -0.15) is 5.10 Å². The Hall–Kier alpha value is -1.84. The lowest BCUT2D eigenvalue weighted by Gasteiger charge is -2.12. The van der Waals surface area contributed by atoms with Crippen LogP contribution in [0.2, 0.25) is 0 Å². The molecule has 0 fully saturated rings. The Kier molecular flexibility index (Phi) is 9.87. The summed E-state index contributed by atoms with van der Waals surface area (Å²) in [5.74, 6) is 1.76. The van der Waals surface area contributed by atoms with Crippen LogP contribution in [0.4, 0.5) is 0 Å². The Balaban J connectivity index is 0.00000320. The summed E-state index contributed by atoms with van der Waals surface area (Å²) in [4.78, 5) is 17.0. The molecule has 30 heavy (non-hydrogen) atoms. The highest BCUT2D eigenvalue weighted by Gasteiger charge is 2.16. The van der Waals surface area contributed by atoms with Crippen molar-refractivity contribution in [3.63, 3.8) is 0 Å². The van der Waals surface area contributed by atoms with Crippen molar-refractivity contribution in [3.05, 3.63) is 51.2 Å². The zero-order valence-corrected chi connectivity index (χ0v) is 20.7. The predicted molar refractivity (Wildman–Crippen MR) is 133 cm³/mol. The average Bonchev–Trinajstić information content (AvgIpc) is 3.00. The van der Waals surface area contributed by atoms with Crippen molar-refractivity contribution in [1.82, 2.24) is 25.0 Å². The first-order chi connectivity index (χ1) is 14.1. The maximum Gasteiger partial charge on any atom is 0.345 e. The number of nitrogens with zero attached hydrogens (tertiary/aromatic N) is 4. The van der Waals surface area contributed by atoms with Gasteiger partial charge in [0.1, 0.15) is 5.82 Å². The van der Waals surface area contributed by atoms with Gasteiger partial charge in [-0.3, -0.25) is 9.56 Å². The molecule has 0 saturated heterocycles. The molecule has 0 bridgehead atoms. The summed E-state index contributed by atoms with van der Waals surface area (Å²) in [6.07, 6.45) is 4.87. The van der Waals surface area contributed by atoms with Crippen molar-refractivity contribution in [3.8, 4) is 0 Å². The molecule has 0 unspecified atom stereocenters. The van der Waals surface area contributed by atoms with E-state index in [-0.39, 0.29) is 29.7 Å². The Bertz CT molecular complexity index is 881. The van der Waals surface area contributed by atoms with Crippen molar-refractivity contribution >= 4 is 29.9 Å². The second kappa shape index (κ2) is 12.1. The third-order valence-corrected chi connectivity index (χ3v) is 5.16. The summed E-state index contributed by atoms with van der Waals surface area (Å²) in [5.41, 5.74) is 3.98. The first kappa shape index (κ1) is 24.4. The van der Waals surface area contributed by atoms with E-state index in [9.17, 15) is 4.79 Å². The number of nitrogens with one attached hydrogen (secondary N) is 2. The van der Waals surface area contributed by atoms with Gasteiger partial charge in [0, 0.05) is 39.1 Å². The normalized spacial score (nSPS) is 13.5. The first-order valence-electron chi connectivity index (χ1n) is 10.8. The lowest BCUT2D eigenvalue weighted by molar-refractivity contribution is 0.509. The maximum atomic E-state index is 12.4. The maximum absolute atomic E-state index is 12.4. The molecule has 1 aromatic carbocycles. The molecule has 3 rings (SSSR count). The van der Waals surface area contributed by atoms with Crippen LogP contribution in [-0.2, 0) is 25.9 Å². The molecule has 0 amide bonds. The van der Waals surface area contributed by atoms with Crippen LogP contribution in [0, 0.1) is 13.8 Å². The monoisotopic (exact) mass is 526 g/mol. The molecule has 1 aliphatic rings. The first-order valence-corrected chi connectivity index (χ1v) is 10.8. The number of aryl methyl sites for hydroxylation is 4. The summed E-state index contributed by atoms with van der Waals surface area (Å²) < 4.78 is 3.43. The molecule has 2 aromatic rings. The summed E-state index contributed by atoms with van der Waals surface area (Å²) in [7, 11) is 0. The van der Waals surface area contributed by atoms with Crippen molar-refractivity contribution < 1.29 is 0 Å². The van der Waals surface area contributed by atoms with Gasteiger partial charge in [-0.05, 0) is 52.0 Å². The fraction of sp³-hybridized carbons (Fsp3) is 0.591. The number of guanidine groups is 1. The fourth-order valence-electron chi connectivity index (χ4n) is 3.89. The van der Waals surface area contributed by atoms with Crippen LogP contribution in [0.15, 0.2) is 28.0 Å². The molecule has 0 spiro atoms. The van der Waals surface area contributed by atoms with E-state index < -0.39 is 0 Å². The Morgan fingerprint density at radius 1 is 1.17 bits per heavy atom. The number of aliphatic imine (C=N–C) groups is 1. The molecule has 0 saturated carbocycles. The van der Waals surface area contributed by atoms with Gasteiger partial charge < -0.3 is 10.6 Å². The van der Waals surface area contributed by atoms with Gasteiger partial charge in [0.2, 0.25) is 0 Å². The molecule has 166 valence electrons. The number of rotatable bonds is 8. The number of hydrogen-bond donors (Lipinski definition) is 2. The third-order valence-electron chi connectivity index (χ3n) is 5.16. The SMILES string of the molecule is CCNC(=NCCCn1nc2n(c1=O)CCCC2)NCCc1cc(C)cc(C)c1.I. The van der Waals surface area contributed by atoms with Gasteiger partial charge in [0.25, 0.3) is 0 Å². The molecule has 7 nitrogen and oxygen atoms in total. The van der Waals surface area contributed by atoms with Crippen molar-refractivity contribution in [2.75, 3.05) is 19.6 Å². The second-order valence-corrected chi connectivity index (χ2v) is 7.82. The van der Waals surface area contributed by atoms with E-state index in [1.165, 1.54) is 16.7 Å². The largest absolute Gasteiger partial charge is 0.357 e. The minimum absolute atomic E-state index is 0. The van der Waals surface area contributed by atoms with Gasteiger partial charge in [0.15, 0.2) is 5.96 Å². The van der Waals surface area contributed by atoms with Gasteiger partial charge in [-0.25, -0.2) is 9.48 Å². The number of hydrogen-bond acceptors (Lipinski definition) is 3. The van der Waals surface area contributed by atoms with Crippen molar-refractivity contribution in [1.29, 1.82) is 0 Å². The van der Waals surface area contributed by atoms with Crippen LogP contribution in [0.25, 0.3) is 0 Å². The standard InChI is InChI=1S/C22H34N6O.HI/c1-4-23-21(25-11-9-19-15-17(2)14-18(3)16-19)24-10-7-13-28-22(29)27-12-6-5-8-20(27)26-28;/h14-16H,4-13H2,1-3H3,(H2,23,24,25);1H. The number of benzene rings is 1. The minimum Gasteiger partial charge on any atom is -0.357 e. The van der Waals surface area contributed by atoms with E-state index in [2.05, 4.69) is 59.7 Å². The second-order valence-electron chi connectivity index (χ2n) is 7.82. The van der Waals surface area contributed by atoms with Crippen LogP contribution in [0.3, 0.4) is 0 Å². The number of halogens is 1. The molecule has 1 aromatic heterocycles. The van der Waals surface area contributed by atoms with E-state index in [1.807, 2.05) is 4.57 Å². The van der Waals surface area contributed by atoms with Crippen molar-refractivity contribution in [2.24, 2.45) is 4.99 Å². The molecule has 0 radical (unpaired) electrons. The van der Waals surface area contributed by atoms with E-state index >= 15 is 0 Å². The van der Waals surface area contributed by atoms with Gasteiger partial charge >= 0.3 is 5.69 Å². The number of aromatic nitrogens is 3. The molecule has 2 N–H and O–H groups in total. The zero-order valence-electron chi connectivity index (χ0n) is 18.4. The molecule has 0 aliphatic carbocycles. The minimum atomic E-state index is 0. The molecule has 8 heteroatoms. The fourth-order valence-corrected chi connectivity index (χ4v) is 3.89.